The largest absolute Gasteiger partial charge is 0.405 e. The third kappa shape index (κ3) is 3.31. The van der Waals surface area contributed by atoms with Crippen molar-refractivity contribution in [3.63, 3.8) is 0 Å². The fourth-order valence-electron chi connectivity index (χ4n) is 1.99. The predicted molar refractivity (Wildman–Crippen MR) is 74.1 cm³/mol. The molecule has 0 amide bonds. The Kier molecular flexibility index (Phi) is 4.05. The maximum absolute atomic E-state index is 12.6. The van der Waals surface area contributed by atoms with Gasteiger partial charge in [0.05, 0.1) is 33.2 Å². The third-order valence-electron chi connectivity index (χ3n) is 2.72. The van der Waals surface area contributed by atoms with E-state index in [1.807, 2.05) is 6.92 Å². The summed E-state index contributed by atoms with van der Waals surface area (Å²) in [6, 6.07) is 3.16. The lowest BCUT2D eigenvalue weighted by Crippen LogP contribution is -2.36. The van der Waals surface area contributed by atoms with E-state index in [1.165, 1.54) is 17.4 Å². The number of thiazole rings is 1. The second-order valence-corrected chi connectivity index (χ2v) is 5.61. The minimum absolute atomic E-state index is 0.141. The number of aromatic nitrogens is 1. The first-order valence-corrected chi connectivity index (χ1v) is 6.71. The zero-order valence-electron chi connectivity index (χ0n) is 10.7. The van der Waals surface area contributed by atoms with E-state index >= 15 is 0 Å². The lowest BCUT2D eigenvalue weighted by molar-refractivity contribution is -0.119. The average Bonchev–Trinajstić information content (AvgIpc) is 2.65. The molecule has 0 spiro atoms. The van der Waals surface area contributed by atoms with E-state index < -0.39 is 12.7 Å². The summed E-state index contributed by atoms with van der Waals surface area (Å²) in [4.78, 5) is 5.26. The van der Waals surface area contributed by atoms with E-state index in [0.29, 0.717) is 5.52 Å². The van der Waals surface area contributed by atoms with Gasteiger partial charge in [0.2, 0.25) is 0 Å². The number of halogens is 3. The number of anilines is 2. The van der Waals surface area contributed by atoms with Gasteiger partial charge in [0.1, 0.15) is 6.54 Å². The summed E-state index contributed by atoms with van der Waals surface area (Å²) >= 11 is 1.43. The van der Waals surface area contributed by atoms with Crippen molar-refractivity contribution in [2.24, 2.45) is 0 Å². The molecule has 8 heteroatoms. The van der Waals surface area contributed by atoms with Crippen LogP contribution >= 0.6 is 11.3 Å². The Morgan fingerprint density at radius 2 is 2.10 bits per heavy atom. The van der Waals surface area contributed by atoms with Crippen molar-refractivity contribution in [1.82, 2.24) is 4.98 Å². The fourth-order valence-corrected chi connectivity index (χ4v) is 2.85. The first-order chi connectivity index (χ1) is 9.30. The van der Waals surface area contributed by atoms with E-state index in [-0.39, 0.29) is 24.5 Å². The van der Waals surface area contributed by atoms with Gasteiger partial charge in [-0.3, -0.25) is 0 Å². The normalized spacial score (nSPS) is 12.1. The van der Waals surface area contributed by atoms with Crippen LogP contribution in [0.3, 0.4) is 0 Å². The van der Waals surface area contributed by atoms with E-state index in [9.17, 15) is 13.2 Å². The Balaban J connectivity index is 2.43. The lowest BCUT2D eigenvalue weighted by atomic mass is 10.2. The van der Waals surface area contributed by atoms with Crippen LogP contribution in [0, 0.1) is 6.92 Å². The Labute approximate surface area is 117 Å². The molecular formula is C12H14F3N3OS. The number of benzene rings is 1. The Morgan fingerprint density at radius 1 is 1.40 bits per heavy atom. The van der Waals surface area contributed by atoms with Crippen LogP contribution in [0.25, 0.3) is 10.2 Å². The van der Waals surface area contributed by atoms with Gasteiger partial charge >= 0.3 is 6.18 Å². The van der Waals surface area contributed by atoms with Gasteiger partial charge < -0.3 is 15.7 Å². The molecule has 3 N–H and O–H groups in total. The van der Waals surface area contributed by atoms with Crippen LogP contribution in [0.1, 0.15) is 5.01 Å². The smallest absolute Gasteiger partial charge is 0.397 e. The number of rotatable bonds is 4. The van der Waals surface area contributed by atoms with Crippen LogP contribution in [-0.2, 0) is 0 Å². The number of aliphatic hydroxyl groups excluding tert-OH is 1. The van der Waals surface area contributed by atoms with Crippen LogP contribution in [0.5, 0.6) is 0 Å². The van der Waals surface area contributed by atoms with Crippen LogP contribution in [-0.4, -0.2) is 36.0 Å². The molecule has 1 heterocycles. The van der Waals surface area contributed by atoms with E-state index in [1.54, 1.807) is 6.07 Å². The van der Waals surface area contributed by atoms with Crippen LogP contribution in [0.2, 0.25) is 0 Å². The molecule has 20 heavy (non-hydrogen) atoms. The highest BCUT2D eigenvalue weighted by molar-refractivity contribution is 7.18. The highest BCUT2D eigenvalue weighted by Crippen LogP contribution is 2.33. The molecule has 110 valence electrons. The Bertz CT molecular complexity index is 612. The Morgan fingerprint density at radius 3 is 2.70 bits per heavy atom. The molecule has 2 aromatic rings. The standard InChI is InChI=1S/C12H14F3N3OS/c1-7-17-9-5-10(8(16)4-11(9)20-7)18(2-3-19)6-12(13,14)15/h4-5,19H,2-3,6,16H2,1H3. The predicted octanol–water partition coefficient (Wildman–Crippen LogP) is 2.55. The second-order valence-electron chi connectivity index (χ2n) is 4.37. The SMILES string of the molecule is Cc1nc2cc(N(CCO)CC(F)(F)F)c(N)cc2s1. The molecule has 0 aliphatic rings. The van der Waals surface area contributed by atoms with Gasteiger partial charge in [0, 0.05) is 6.54 Å². The molecule has 0 atom stereocenters. The molecule has 0 saturated heterocycles. The molecule has 0 saturated carbocycles. The van der Waals surface area contributed by atoms with Gasteiger partial charge in [0.25, 0.3) is 0 Å². The second kappa shape index (κ2) is 5.45. The lowest BCUT2D eigenvalue weighted by Gasteiger charge is -2.26. The summed E-state index contributed by atoms with van der Waals surface area (Å²) in [7, 11) is 0. The maximum Gasteiger partial charge on any atom is 0.405 e. The Hall–Kier alpha value is -1.54. The van der Waals surface area contributed by atoms with Gasteiger partial charge in [-0.05, 0) is 19.1 Å². The van der Waals surface area contributed by atoms with Gasteiger partial charge in [-0.1, -0.05) is 0 Å². The summed E-state index contributed by atoms with van der Waals surface area (Å²) < 4.78 is 38.6. The molecule has 1 aromatic heterocycles. The summed E-state index contributed by atoms with van der Waals surface area (Å²) in [5, 5.41) is 9.76. The van der Waals surface area contributed by atoms with Gasteiger partial charge in [-0.15, -0.1) is 11.3 Å². The number of aliphatic hydroxyl groups is 1. The average molecular weight is 305 g/mol. The summed E-state index contributed by atoms with van der Waals surface area (Å²) in [6.45, 7) is 0.135. The molecular weight excluding hydrogens is 291 g/mol. The number of nitrogens with zero attached hydrogens (tertiary/aromatic N) is 2. The van der Waals surface area contributed by atoms with Crippen LogP contribution < -0.4 is 10.6 Å². The van der Waals surface area contributed by atoms with Crippen molar-refractivity contribution >= 4 is 32.9 Å². The molecule has 2 rings (SSSR count). The molecule has 1 aromatic carbocycles. The summed E-state index contributed by atoms with van der Waals surface area (Å²) in [6.07, 6.45) is -4.37. The molecule has 0 fully saturated rings. The fraction of sp³-hybridized carbons (Fsp3) is 0.417. The highest BCUT2D eigenvalue weighted by Gasteiger charge is 2.31. The van der Waals surface area contributed by atoms with Crippen molar-refractivity contribution in [2.75, 3.05) is 30.3 Å². The van der Waals surface area contributed by atoms with E-state index in [0.717, 1.165) is 14.6 Å². The quantitative estimate of drug-likeness (QED) is 0.852. The molecule has 4 nitrogen and oxygen atoms in total. The number of aryl methyl sites for hydroxylation is 1. The number of nitrogen functional groups attached to an aromatic ring is 1. The summed E-state index contributed by atoms with van der Waals surface area (Å²) in [5.41, 5.74) is 6.94. The van der Waals surface area contributed by atoms with Gasteiger partial charge in [-0.2, -0.15) is 13.2 Å². The van der Waals surface area contributed by atoms with Crippen molar-refractivity contribution in [3.8, 4) is 0 Å². The van der Waals surface area contributed by atoms with E-state index in [2.05, 4.69) is 4.98 Å². The summed E-state index contributed by atoms with van der Waals surface area (Å²) in [5.74, 6) is 0. The molecule has 0 unspecified atom stereocenters. The van der Waals surface area contributed by atoms with Crippen LogP contribution in [0.15, 0.2) is 12.1 Å². The van der Waals surface area contributed by atoms with Gasteiger partial charge in [-0.25, -0.2) is 4.98 Å². The molecule has 0 aliphatic heterocycles. The van der Waals surface area contributed by atoms with Crippen molar-refractivity contribution in [1.29, 1.82) is 0 Å². The first-order valence-electron chi connectivity index (χ1n) is 5.89. The minimum Gasteiger partial charge on any atom is -0.397 e. The number of alkyl halides is 3. The first kappa shape index (κ1) is 14.9. The number of hydrogen-bond donors (Lipinski definition) is 2. The molecule has 0 aliphatic carbocycles. The maximum atomic E-state index is 12.6. The monoisotopic (exact) mass is 305 g/mol. The topological polar surface area (TPSA) is 62.4 Å². The zero-order chi connectivity index (χ0) is 14.9. The molecule has 0 bridgehead atoms. The zero-order valence-corrected chi connectivity index (χ0v) is 11.6. The highest BCUT2D eigenvalue weighted by atomic mass is 32.1. The van der Waals surface area contributed by atoms with Crippen molar-refractivity contribution < 1.29 is 18.3 Å². The minimum atomic E-state index is -4.37. The van der Waals surface area contributed by atoms with Crippen molar-refractivity contribution in [3.05, 3.63) is 17.1 Å². The molecule has 0 radical (unpaired) electrons. The third-order valence-corrected chi connectivity index (χ3v) is 3.66. The van der Waals surface area contributed by atoms with Gasteiger partial charge in [0.15, 0.2) is 0 Å². The number of hydrogen-bond acceptors (Lipinski definition) is 5. The van der Waals surface area contributed by atoms with Crippen molar-refractivity contribution in [2.45, 2.75) is 13.1 Å². The van der Waals surface area contributed by atoms with E-state index in [4.69, 9.17) is 10.8 Å². The number of nitrogens with two attached hydrogens (primary N) is 1. The number of fused-ring (bicyclic) bond motifs is 1. The van der Waals surface area contributed by atoms with Crippen LogP contribution in [0.4, 0.5) is 24.5 Å².